The Hall–Kier alpha value is -4.44. The van der Waals surface area contributed by atoms with Crippen molar-refractivity contribution >= 4 is 40.7 Å². The summed E-state index contributed by atoms with van der Waals surface area (Å²) in [7, 11) is 0. The molecule has 320 valence electrons. The van der Waals surface area contributed by atoms with Gasteiger partial charge in [-0.2, -0.15) is 0 Å². The second kappa shape index (κ2) is 30.6. The first kappa shape index (κ1) is 47.9. The van der Waals surface area contributed by atoms with Gasteiger partial charge in [0.1, 0.15) is 5.84 Å². The van der Waals surface area contributed by atoms with E-state index in [2.05, 4.69) is 28.8 Å². The summed E-state index contributed by atoms with van der Waals surface area (Å²) < 4.78 is 16.4. The Labute approximate surface area is 349 Å². The second-order valence-electron chi connectivity index (χ2n) is 15.5. The Balaban J connectivity index is 1.19. The minimum absolute atomic E-state index is 0.0138. The van der Waals surface area contributed by atoms with Crippen LogP contribution in [0.1, 0.15) is 147 Å². The monoisotopic (exact) mass is 800 g/mol. The van der Waals surface area contributed by atoms with Gasteiger partial charge in [-0.1, -0.05) is 103 Å². The van der Waals surface area contributed by atoms with Crippen molar-refractivity contribution in [2.45, 2.75) is 147 Å². The van der Waals surface area contributed by atoms with Crippen LogP contribution in [0, 0.1) is 11.3 Å². The summed E-state index contributed by atoms with van der Waals surface area (Å²) >= 11 is 0. The highest BCUT2D eigenvalue weighted by Gasteiger charge is 2.26. The topological polar surface area (TPSA) is 148 Å². The van der Waals surface area contributed by atoms with Gasteiger partial charge in [-0.3, -0.25) is 10.2 Å². The lowest BCUT2D eigenvalue weighted by Crippen LogP contribution is -2.30. The SMILES string of the molecule is C=CC(=N)OCCCCCCCCCCCOC1CCC(C(=O)Nc2ccc(N=C(N)c3ccc(NCCCCCCCCCCCOC(=O)C=C)cc3)cc2)CC1. The number of hydrogen-bond donors (Lipinski definition) is 4. The lowest BCUT2D eigenvalue weighted by Gasteiger charge is -2.28. The number of nitrogens with two attached hydrogens (primary N) is 1. The predicted octanol–water partition coefficient (Wildman–Crippen LogP) is 11.6. The van der Waals surface area contributed by atoms with E-state index in [9.17, 15) is 9.59 Å². The number of carbonyl (C=O) groups is 2. The molecule has 3 rings (SSSR count). The zero-order valence-corrected chi connectivity index (χ0v) is 35.3. The van der Waals surface area contributed by atoms with Gasteiger partial charge in [-0.05, 0) is 106 Å². The maximum Gasteiger partial charge on any atom is 0.330 e. The van der Waals surface area contributed by atoms with Crippen LogP contribution in [-0.4, -0.2) is 56.1 Å². The summed E-state index contributed by atoms with van der Waals surface area (Å²) in [6, 6.07) is 15.6. The molecule has 1 aliphatic carbocycles. The van der Waals surface area contributed by atoms with Crippen molar-refractivity contribution in [2.75, 3.05) is 37.0 Å². The fourth-order valence-corrected chi connectivity index (χ4v) is 7.18. The number of nitrogens with zero attached hydrogens (tertiary/aromatic N) is 1. The van der Waals surface area contributed by atoms with E-state index in [1.807, 2.05) is 48.5 Å². The highest BCUT2D eigenvalue weighted by Crippen LogP contribution is 2.28. The Kier molecular flexibility index (Phi) is 25.3. The lowest BCUT2D eigenvalue weighted by atomic mass is 9.86. The van der Waals surface area contributed by atoms with Gasteiger partial charge >= 0.3 is 5.97 Å². The lowest BCUT2D eigenvalue weighted by molar-refractivity contribution is -0.137. The van der Waals surface area contributed by atoms with Crippen LogP contribution in [0.15, 0.2) is 78.8 Å². The third kappa shape index (κ3) is 21.9. The molecule has 58 heavy (non-hydrogen) atoms. The number of aliphatic imine (C=N–C) groups is 1. The smallest absolute Gasteiger partial charge is 0.330 e. The summed E-state index contributed by atoms with van der Waals surface area (Å²) in [5.41, 5.74) is 9.80. The zero-order valence-electron chi connectivity index (χ0n) is 35.3. The van der Waals surface area contributed by atoms with E-state index in [-0.39, 0.29) is 29.8 Å². The number of ether oxygens (including phenoxy) is 3. The molecule has 10 heteroatoms. The first-order chi connectivity index (χ1) is 28.4. The van der Waals surface area contributed by atoms with Crippen LogP contribution in [0.3, 0.4) is 0 Å². The molecule has 10 nitrogen and oxygen atoms in total. The van der Waals surface area contributed by atoms with Gasteiger partial charge in [0.05, 0.1) is 25.0 Å². The molecule has 0 heterocycles. The van der Waals surface area contributed by atoms with Crippen molar-refractivity contribution in [2.24, 2.45) is 16.6 Å². The molecule has 1 fully saturated rings. The Morgan fingerprint density at radius 3 is 1.71 bits per heavy atom. The highest BCUT2D eigenvalue weighted by molar-refractivity contribution is 5.99. The number of unbranched alkanes of at least 4 members (excludes halogenated alkanes) is 16. The molecule has 0 bridgehead atoms. The molecule has 0 aromatic heterocycles. The molecule has 2 aromatic rings. The van der Waals surface area contributed by atoms with E-state index in [4.69, 9.17) is 25.4 Å². The minimum Gasteiger partial charge on any atom is -0.478 e. The van der Waals surface area contributed by atoms with Crippen LogP contribution in [0.5, 0.6) is 0 Å². The average Bonchev–Trinajstić information content (AvgIpc) is 3.24. The molecule has 2 aromatic carbocycles. The quantitative estimate of drug-likeness (QED) is 0.0189. The maximum absolute atomic E-state index is 13.0. The molecular weight excluding hydrogens is 727 g/mol. The third-order valence-corrected chi connectivity index (χ3v) is 10.8. The van der Waals surface area contributed by atoms with E-state index in [1.165, 1.54) is 89.2 Å². The molecule has 1 saturated carbocycles. The van der Waals surface area contributed by atoms with Crippen LogP contribution >= 0.6 is 0 Å². The molecule has 5 N–H and O–H groups in total. The molecule has 0 saturated heterocycles. The fourth-order valence-electron chi connectivity index (χ4n) is 7.18. The third-order valence-electron chi connectivity index (χ3n) is 10.8. The Bertz CT molecular complexity index is 1480. The maximum atomic E-state index is 13.0. The summed E-state index contributed by atoms with van der Waals surface area (Å²) in [5.74, 6) is 0.372. The van der Waals surface area contributed by atoms with Gasteiger partial charge in [0.25, 0.3) is 0 Å². The number of benzene rings is 2. The zero-order chi connectivity index (χ0) is 41.5. The molecule has 0 atom stereocenters. The molecule has 0 radical (unpaired) electrons. The number of amides is 1. The second-order valence-corrected chi connectivity index (χ2v) is 15.5. The first-order valence-corrected chi connectivity index (χ1v) is 22.2. The summed E-state index contributed by atoms with van der Waals surface area (Å²) in [6.45, 7) is 9.80. The van der Waals surface area contributed by atoms with E-state index in [1.54, 1.807) is 0 Å². The number of amidine groups is 1. The minimum atomic E-state index is -0.335. The average molecular weight is 800 g/mol. The number of rotatable bonds is 32. The first-order valence-electron chi connectivity index (χ1n) is 22.2. The van der Waals surface area contributed by atoms with Gasteiger partial charge in [0, 0.05) is 42.1 Å². The van der Waals surface area contributed by atoms with Gasteiger partial charge < -0.3 is 30.6 Å². The summed E-state index contributed by atoms with van der Waals surface area (Å²) in [6.07, 6.45) is 27.9. The van der Waals surface area contributed by atoms with Crippen molar-refractivity contribution in [1.82, 2.24) is 0 Å². The number of anilines is 2. The van der Waals surface area contributed by atoms with Crippen molar-refractivity contribution in [1.29, 1.82) is 5.41 Å². The van der Waals surface area contributed by atoms with E-state index < -0.39 is 0 Å². The molecule has 0 spiro atoms. The van der Waals surface area contributed by atoms with Crippen LogP contribution in [0.25, 0.3) is 0 Å². The molecule has 1 aliphatic rings. The number of hydrogen-bond acceptors (Lipinski definition) is 8. The summed E-state index contributed by atoms with van der Waals surface area (Å²) in [5, 5.41) is 14.0. The molecule has 1 amide bonds. The van der Waals surface area contributed by atoms with Crippen LogP contribution in [0.4, 0.5) is 17.1 Å². The van der Waals surface area contributed by atoms with Gasteiger partial charge in [-0.15, -0.1) is 0 Å². The van der Waals surface area contributed by atoms with Gasteiger partial charge in [0.2, 0.25) is 11.8 Å². The Morgan fingerprint density at radius 1 is 0.655 bits per heavy atom. The molecule has 0 unspecified atom stereocenters. The van der Waals surface area contributed by atoms with Crippen molar-refractivity contribution in [3.63, 3.8) is 0 Å². The van der Waals surface area contributed by atoms with E-state index >= 15 is 0 Å². The van der Waals surface area contributed by atoms with Crippen molar-refractivity contribution in [3.05, 3.63) is 79.4 Å². The summed E-state index contributed by atoms with van der Waals surface area (Å²) in [4.78, 5) is 28.7. The number of carbonyl (C=O) groups excluding carboxylic acids is 2. The van der Waals surface area contributed by atoms with Crippen molar-refractivity contribution in [3.8, 4) is 0 Å². The number of nitrogens with one attached hydrogen (secondary N) is 3. The number of esters is 1. The highest BCUT2D eigenvalue weighted by atomic mass is 16.5. The Morgan fingerprint density at radius 2 is 1.16 bits per heavy atom. The van der Waals surface area contributed by atoms with Crippen LogP contribution in [-0.2, 0) is 23.8 Å². The molecular formula is C48H73N5O5. The van der Waals surface area contributed by atoms with Gasteiger partial charge in [0.15, 0.2) is 0 Å². The molecule has 0 aliphatic heterocycles. The normalized spacial score (nSPS) is 15.3. The predicted molar refractivity (Wildman–Crippen MR) is 240 cm³/mol. The van der Waals surface area contributed by atoms with Crippen molar-refractivity contribution < 1.29 is 23.8 Å². The largest absolute Gasteiger partial charge is 0.478 e. The standard InChI is InChI=1S/C48H73N5O5/c1-3-45(49)57-37-21-17-13-10-6-9-12-16-20-36-56-44-33-25-40(26-34-44)48(55)53-43-31-29-42(30-32-43)52-47(50)39-23-27-41(28-24-39)51-35-19-15-11-7-5-8-14-18-22-38-58-46(54)4-2/h3-4,23-24,27-32,40,44,49,51H,1-2,5-22,25-26,33-38H2,(H2,50,52)(H,53,55). The van der Waals surface area contributed by atoms with Crippen LogP contribution in [0.2, 0.25) is 0 Å². The van der Waals surface area contributed by atoms with E-state index in [0.29, 0.717) is 19.0 Å². The van der Waals surface area contributed by atoms with Gasteiger partial charge in [-0.25, -0.2) is 9.79 Å². The van der Waals surface area contributed by atoms with Crippen LogP contribution < -0.4 is 16.4 Å². The fraction of sp³-hybridized carbons (Fsp3) is 0.583. The van der Waals surface area contributed by atoms with E-state index in [0.717, 1.165) is 100.0 Å².